The third-order valence-corrected chi connectivity index (χ3v) is 3.40. The van der Waals surface area contributed by atoms with E-state index in [-0.39, 0.29) is 5.54 Å². The van der Waals surface area contributed by atoms with Crippen molar-refractivity contribution in [2.45, 2.75) is 59.9 Å². The highest BCUT2D eigenvalue weighted by Gasteiger charge is 2.24. The van der Waals surface area contributed by atoms with Gasteiger partial charge in [-0.25, -0.2) is 4.98 Å². The Balaban J connectivity index is 2.64. The molecule has 114 valence electrons. The van der Waals surface area contributed by atoms with Gasteiger partial charge in [0.2, 0.25) is 5.88 Å². The Bertz CT molecular complexity index is 408. The molecule has 0 bridgehead atoms. The van der Waals surface area contributed by atoms with Crippen molar-refractivity contribution in [1.29, 1.82) is 0 Å². The molecule has 0 unspecified atom stereocenters. The number of pyridine rings is 1. The second-order valence-electron chi connectivity index (χ2n) is 7.01. The minimum atomic E-state index is -0.128. The van der Waals surface area contributed by atoms with E-state index < -0.39 is 0 Å². The molecule has 20 heavy (non-hydrogen) atoms. The minimum absolute atomic E-state index is 0.128. The first-order chi connectivity index (χ1) is 9.26. The molecule has 1 N–H and O–H groups in total. The van der Waals surface area contributed by atoms with Gasteiger partial charge < -0.3 is 10.1 Å². The maximum absolute atomic E-state index is 5.63. The van der Waals surface area contributed by atoms with Crippen LogP contribution in [0.1, 0.15) is 59.9 Å². The molecule has 0 aromatic carbocycles. The summed E-state index contributed by atoms with van der Waals surface area (Å²) >= 11 is 0. The minimum Gasteiger partial charge on any atom is -0.478 e. The van der Waals surface area contributed by atoms with Gasteiger partial charge in [0.1, 0.15) is 0 Å². The van der Waals surface area contributed by atoms with Crippen molar-refractivity contribution in [3.8, 4) is 5.88 Å². The van der Waals surface area contributed by atoms with Crippen LogP contribution >= 0.6 is 0 Å². The Hall–Kier alpha value is -1.09. The summed E-state index contributed by atoms with van der Waals surface area (Å²) in [4.78, 5) is 4.34. The van der Waals surface area contributed by atoms with Crippen molar-refractivity contribution in [3.63, 3.8) is 0 Å². The highest BCUT2D eigenvalue weighted by Crippen LogP contribution is 2.28. The van der Waals surface area contributed by atoms with Gasteiger partial charge in [-0.15, -0.1) is 0 Å². The summed E-state index contributed by atoms with van der Waals surface area (Å²) in [6.07, 6.45) is 4.18. The van der Waals surface area contributed by atoms with Gasteiger partial charge in [0.25, 0.3) is 0 Å². The number of hydrogen-bond acceptors (Lipinski definition) is 3. The van der Waals surface area contributed by atoms with E-state index in [9.17, 15) is 0 Å². The van der Waals surface area contributed by atoms with Gasteiger partial charge >= 0.3 is 0 Å². The number of nitrogens with zero attached hydrogens (tertiary/aromatic N) is 1. The molecule has 1 heterocycles. The van der Waals surface area contributed by atoms with Gasteiger partial charge in [0.15, 0.2) is 0 Å². The monoisotopic (exact) mass is 278 g/mol. The topological polar surface area (TPSA) is 34.1 Å². The Kier molecular flexibility index (Phi) is 6.00. The van der Waals surface area contributed by atoms with Crippen molar-refractivity contribution in [2.75, 3.05) is 13.2 Å². The van der Waals surface area contributed by atoms with Crippen LogP contribution in [0.2, 0.25) is 0 Å². The smallest absolute Gasteiger partial charge is 0.218 e. The van der Waals surface area contributed by atoms with Crippen molar-refractivity contribution < 1.29 is 4.74 Å². The third kappa shape index (κ3) is 5.49. The molecule has 0 aliphatic carbocycles. The van der Waals surface area contributed by atoms with Crippen LogP contribution in [0.15, 0.2) is 18.3 Å². The Labute approximate surface area is 124 Å². The zero-order chi connectivity index (χ0) is 15.2. The lowest BCUT2D eigenvalue weighted by Crippen LogP contribution is -2.38. The Morgan fingerprint density at radius 3 is 2.50 bits per heavy atom. The molecular weight excluding hydrogens is 248 g/mol. The van der Waals surface area contributed by atoms with Crippen LogP contribution in [-0.2, 0) is 5.54 Å². The second kappa shape index (κ2) is 7.07. The molecule has 1 aromatic rings. The summed E-state index contributed by atoms with van der Waals surface area (Å²) in [6.45, 7) is 14.9. The van der Waals surface area contributed by atoms with E-state index in [1.165, 1.54) is 12.8 Å². The van der Waals surface area contributed by atoms with E-state index in [0.29, 0.717) is 12.0 Å². The van der Waals surface area contributed by atoms with Crippen LogP contribution in [0, 0.1) is 5.41 Å². The molecular formula is C17H30N2O. The first-order valence-electron chi connectivity index (χ1n) is 7.59. The molecule has 0 spiro atoms. The fourth-order valence-corrected chi connectivity index (χ4v) is 2.23. The number of rotatable bonds is 7. The molecule has 0 saturated heterocycles. The lowest BCUT2D eigenvalue weighted by Gasteiger charge is -2.29. The van der Waals surface area contributed by atoms with E-state index in [2.05, 4.69) is 51.0 Å². The average molecular weight is 278 g/mol. The van der Waals surface area contributed by atoms with Gasteiger partial charge in [-0.2, -0.15) is 0 Å². The molecule has 0 saturated carbocycles. The van der Waals surface area contributed by atoms with Crippen LogP contribution < -0.4 is 10.1 Å². The van der Waals surface area contributed by atoms with E-state index in [0.717, 1.165) is 18.0 Å². The van der Waals surface area contributed by atoms with Crippen LogP contribution in [0.4, 0.5) is 0 Å². The summed E-state index contributed by atoms with van der Waals surface area (Å²) < 4.78 is 5.63. The van der Waals surface area contributed by atoms with Gasteiger partial charge in [-0.1, -0.05) is 26.8 Å². The fraction of sp³-hybridized carbons (Fsp3) is 0.706. The summed E-state index contributed by atoms with van der Waals surface area (Å²) in [5.74, 6) is 0.739. The zero-order valence-corrected chi connectivity index (χ0v) is 13.9. The summed E-state index contributed by atoms with van der Waals surface area (Å²) in [5.41, 5.74) is 1.39. The molecule has 1 rings (SSSR count). The summed E-state index contributed by atoms with van der Waals surface area (Å²) in [5, 5.41) is 3.63. The Morgan fingerprint density at radius 2 is 1.90 bits per heavy atom. The van der Waals surface area contributed by atoms with E-state index in [1.54, 1.807) is 6.20 Å². The number of aromatic nitrogens is 1. The van der Waals surface area contributed by atoms with Crippen LogP contribution in [0.5, 0.6) is 5.88 Å². The predicted octanol–water partition coefficient (Wildman–Crippen LogP) is 4.13. The van der Waals surface area contributed by atoms with Gasteiger partial charge in [0, 0.05) is 17.3 Å². The molecule has 0 aliphatic rings. The number of ether oxygens (including phenoxy) is 1. The standard InChI is InChI=1S/C17H30N2O/c1-7-20-15-14(10-8-12-18-15)17(5,6)19-13-9-11-16(2,3)4/h8,10,12,19H,7,9,11,13H2,1-6H3. The normalized spacial score (nSPS) is 12.5. The van der Waals surface area contributed by atoms with Crippen LogP contribution in [-0.4, -0.2) is 18.1 Å². The molecule has 0 atom stereocenters. The van der Waals surface area contributed by atoms with Crippen molar-refractivity contribution in [1.82, 2.24) is 10.3 Å². The molecule has 0 fully saturated rings. The van der Waals surface area contributed by atoms with Gasteiger partial charge in [-0.05, 0) is 51.6 Å². The zero-order valence-electron chi connectivity index (χ0n) is 13.9. The van der Waals surface area contributed by atoms with E-state index in [1.807, 2.05) is 13.0 Å². The quantitative estimate of drug-likeness (QED) is 0.761. The maximum Gasteiger partial charge on any atom is 0.218 e. The molecule has 0 amide bonds. The highest BCUT2D eigenvalue weighted by atomic mass is 16.5. The number of hydrogen-bond donors (Lipinski definition) is 1. The van der Waals surface area contributed by atoms with E-state index in [4.69, 9.17) is 4.74 Å². The lowest BCUT2D eigenvalue weighted by atomic mass is 9.90. The van der Waals surface area contributed by atoms with E-state index >= 15 is 0 Å². The molecule has 3 heteroatoms. The van der Waals surface area contributed by atoms with Gasteiger partial charge in [0.05, 0.1) is 6.61 Å². The largest absolute Gasteiger partial charge is 0.478 e. The van der Waals surface area contributed by atoms with Crippen molar-refractivity contribution >= 4 is 0 Å². The number of nitrogens with one attached hydrogen (secondary N) is 1. The van der Waals surface area contributed by atoms with Crippen LogP contribution in [0.3, 0.4) is 0 Å². The lowest BCUT2D eigenvalue weighted by molar-refractivity contribution is 0.298. The molecule has 1 aromatic heterocycles. The average Bonchev–Trinajstić information content (AvgIpc) is 2.35. The van der Waals surface area contributed by atoms with Gasteiger partial charge in [-0.3, -0.25) is 0 Å². The second-order valence-corrected chi connectivity index (χ2v) is 7.01. The Morgan fingerprint density at radius 1 is 1.20 bits per heavy atom. The van der Waals surface area contributed by atoms with Crippen molar-refractivity contribution in [2.24, 2.45) is 5.41 Å². The fourth-order valence-electron chi connectivity index (χ4n) is 2.23. The van der Waals surface area contributed by atoms with Crippen LogP contribution in [0.25, 0.3) is 0 Å². The SMILES string of the molecule is CCOc1ncccc1C(C)(C)NCCCC(C)(C)C. The third-order valence-electron chi connectivity index (χ3n) is 3.40. The molecule has 3 nitrogen and oxygen atoms in total. The first kappa shape index (κ1) is 17.0. The summed E-state index contributed by atoms with van der Waals surface area (Å²) in [6, 6.07) is 4.06. The highest BCUT2D eigenvalue weighted by molar-refractivity contribution is 5.32. The summed E-state index contributed by atoms with van der Waals surface area (Å²) in [7, 11) is 0. The maximum atomic E-state index is 5.63. The first-order valence-corrected chi connectivity index (χ1v) is 7.59. The predicted molar refractivity (Wildman–Crippen MR) is 85.1 cm³/mol. The van der Waals surface area contributed by atoms with Crippen molar-refractivity contribution in [3.05, 3.63) is 23.9 Å². The molecule has 0 radical (unpaired) electrons. The molecule has 0 aliphatic heterocycles.